The van der Waals surface area contributed by atoms with Crippen LogP contribution in [0.4, 0.5) is 0 Å². The molecule has 4 heavy (non-hydrogen) atoms. The molecule has 0 bridgehead atoms. The third-order valence-corrected chi connectivity index (χ3v) is 0. The first-order chi connectivity index (χ1) is 1.41. The molecule has 0 fully saturated rings. The Balaban J connectivity index is 0. The number of hydrogen-bond donors (Lipinski definition) is 1. The van der Waals surface area contributed by atoms with Crippen LogP contribution in [0.25, 0.3) is 0 Å². The molecule has 0 atom stereocenters. The monoisotopic (exact) mass is 131 g/mol. The number of rotatable bonds is 0. The Morgan fingerprint density at radius 3 is 1.75 bits per heavy atom. The second kappa shape index (κ2) is 8.86. The first-order valence-corrected chi connectivity index (χ1v) is 1.12. The fourth-order valence-electron chi connectivity index (χ4n) is 0. The van der Waals surface area contributed by atoms with Crippen molar-refractivity contribution in [2.75, 3.05) is 0 Å². The summed E-state index contributed by atoms with van der Waals surface area (Å²) in [6, 6.07) is 0. The van der Waals surface area contributed by atoms with Crippen LogP contribution in [0, 0.1) is 0 Å². The minimum atomic E-state index is -0.625. The molecule has 1 N–H and O–H groups in total. The Morgan fingerprint density at radius 2 is 1.75 bits per heavy atom. The van der Waals surface area contributed by atoms with Crippen LogP contribution < -0.4 is 0 Å². The van der Waals surface area contributed by atoms with Gasteiger partial charge < -0.3 is 0 Å². The molecule has 0 aromatic heterocycles. The van der Waals surface area contributed by atoms with Gasteiger partial charge in [-0.15, -0.1) is 0 Å². The van der Waals surface area contributed by atoms with E-state index in [0.29, 0.717) is 0 Å². The minimum absolute atomic E-state index is 0. The fraction of sp³-hybridized carbons (Fsp3) is 0. The molecular formula is H2KNiO2. The van der Waals surface area contributed by atoms with Gasteiger partial charge in [-0.3, -0.25) is 0 Å². The van der Waals surface area contributed by atoms with Crippen molar-refractivity contribution in [1.82, 2.24) is 0 Å². The van der Waals surface area contributed by atoms with Gasteiger partial charge in [0.15, 0.2) is 0 Å². The van der Waals surface area contributed by atoms with E-state index in [4.69, 9.17) is 8.15 Å². The van der Waals surface area contributed by atoms with Crippen molar-refractivity contribution >= 4 is 51.4 Å². The summed E-state index contributed by atoms with van der Waals surface area (Å²) < 4.78 is 15.4. The molecule has 0 unspecified atom stereocenters. The molecule has 0 saturated heterocycles. The van der Waals surface area contributed by atoms with Crippen LogP contribution in [0.2, 0.25) is 0 Å². The SMILES string of the molecule is [KH].[O]=[Ni][OH]. The molecule has 0 aliphatic heterocycles. The van der Waals surface area contributed by atoms with E-state index in [1.54, 1.807) is 0 Å². The zero-order valence-corrected chi connectivity index (χ0v) is 2.16. The summed E-state index contributed by atoms with van der Waals surface area (Å²) in [6.45, 7) is 0. The maximum absolute atomic E-state index is 8.42. The topological polar surface area (TPSA) is 37.3 Å². The zero-order chi connectivity index (χ0) is 2.71. The molecule has 0 saturated carbocycles. The summed E-state index contributed by atoms with van der Waals surface area (Å²) >= 11 is -0.625. The average Bonchev–Trinajstić information content (AvgIpc) is 0.918. The third kappa shape index (κ3) is 9.10. The molecule has 0 aliphatic carbocycles. The summed E-state index contributed by atoms with van der Waals surface area (Å²) in [7, 11) is 0. The van der Waals surface area contributed by atoms with E-state index in [1.807, 2.05) is 0 Å². The van der Waals surface area contributed by atoms with Gasteiger partial charge in [0.1, 0.15) is 0 Å². The Bertz CT molecular complexity index is 13.5. The summed E-state index contributed by atoms with van der Waals surface area (Å²) in [5.41, 5.74) is 0. The van der Waals surface area contributed by atoms with Crippen molar-refractivity contribution in [2.24, 2.45) is 0 Å². The summed E-state index contributed by atoms with van der Waals surface area (Å²) in [6.07, 6.45) is 0. The Kier molecular flexibility index (Phi) is 20.6. The van der Waals surface area contributed by atoms with Crippen molar-refractivity contribution in [3.05, 3.63) is 0 Å². The normalized spacial score (nSPS) is 5.25. The van der Waals surface area contributed by atoms with Gasteiger partial charge in [0.25, 0.3) is 0 Å². The van der Waals surface area contributed by atoms with Crippen LogP contribution >= 0.6 is 0 Å². The molecule has 0 aromatic carbocycles. The van der Waals surface area contributed by atoms with Crippen LogP contribution in [0.3, 0.4) is 0 Å². The zero-order valence-electron chi connectivity index (χ0n) is 1.17. The van der Waals surface area contributed by atoms with Crippen LogP contribution in [0.1, 0.15) is 0 Å². The van der Waals surface area contributed by atoms with Gasteiger partial charge in [-0.2, -0.15) is 0 Å². The Hall–Kier alpha value is 1.89. The van der Waals surface area contributed by atoms with Crippen molar-refractivity contribution in [3.63, 3.8) is 0 Å². The van der Waals surface area contributed by atoms with Gasteiger partial charge in [-0.05, 0) is 0 Å². The quantitative estimate of drug-likeness (QED) is 0.414. The molecule has 25 valence electrons. The first-order valence-electron chi connectivity index (χ1n) is 0.271. The van der Waals surface area contributed by atoms with Gasteiger partial charge in [-0.1, -0.05) is 0 Å². The van der Waals surface area contributed by atoms with E-state index in [0.717, 1.165) is 0 Å². The summed E-state index contributed by atoms with van der Waals surface area (Å²) in [4.78, 5) is 0. The number of hydrogen-bond acceptors (Lipinski definition) is 1. The van der Waals surface area contributed by atoms with Gasteiger partial charge in [0.05, 0.1) is 0 Å². The van der Waals surface area contributed by atoms with Crippen molar-refractivity contribution in [3.8, 4) is 0 Å². The van der Waals surface area contributed by atoms with Gasteiger partial charge in [-0.25, -0.2) is 0 Å². The average molecular weight is 132 g/mol. The van der Waals surface area contributed by atoms with Crippen molar-refractivity contribution in [2.45, 2.75) is 0 Å². The molecule has 0 rings (SSSR count). The molecule has 0 aliphatic rings. The van der Waals surface area contributed by atoms with Gasteiger partial charge >= 0.3 is 74.2 Å². The van der Waals surface area contributed by atoms with Crippen LogP contribution in [0.5, 0.6) is 0 Å². The van der Waals surface area contributed by atoms with Gasteiger partial charge in [0, 0.05) is 0 Å². The van der Waals surface area contributed by atoms with Crippen molar-refractivity contribution in [1.29, 1.82) is 0 Å². The van der Waals surface area contributed by atoms with E-state index in [9.17, 15) is 0 Å². The molecule has 4 heteroatoms. The van der Waals surface area contributed by atoms with E-state index < -0.39 is 14.7 Å². The van der Waals surface area contributed by atoms with E-state index in [2.05, 4.69) is 0 Å². The third-order valence-electron chi connectivity index (χ3n) is 0. The molecule has 0 aromatic rings. The van der Waals surface area contributed by atoms with Crippen LogP contribution in [-0.4, -0.2) is 55.6 Å². The standard InChI is InChI=1S/K.Ni.H2O.O.H/h;;1H2;;/q;+1;;;/p-1. The molecular weight excluding hydrogens is 130 g/mol. The van der Waals surface area contributed by atoms with Gasteiger partial charge in [0.2, 0.25) is 0 Å². The van der Waals surface area contributed by atoms with Crippen LogP contribution in [0.15, 0.2) is 0 Å². The molecule has 0 heterocycles. The second-order valence-corrected chi connectivity index (χ2v) is 0.238. The molecule has 0 radical (unpaired) electrons. The Morgan fingerprint density at radius 1 is 1.75 bits per heavy atom. The molecule has 0 amide bonds. The second-order valence-electron chi connectivity index (χ2n) is 0.0577. The molecule has 0 spiro atoms. The Labute approximate surface area is 72.7 Å². The predicted molar refractivity (Wildman–Crippen MR) is 10.1 cm³/mol. The maximum atomic E-state index is 8.42. The molecule has 2 nitrogen and oxygen atoms in total. The van der Waals surface area contributed by atoms with E-state index >= 15 is 0 Å². The van der Waals surface area contributed by atoms with Crippen LogP contribution in [-0.2, 0) is 18.6 Å². The fourth-order valence-corrected chi connectivity index (χ4v) is 0. The predicted octanol–water partition coefficient (Wildman–Crippen LogP) is -1.33. The summed E-state index contributed by atoms with van der Waals surface area (Å²) in [5, 5.41) is 0. The van der Waals surface area contributed by atoms with Crippen molar-refractivity contribution < 1.29 is 22.8 Å². The summed E-state index contributed by atoms with van der Waals surface area (Å²) in [5.74, 6) is 0. The van der Waals surface area contributed by atoms with E-state index in [1.165, 1.54) is 0 Å². The van der Waals surface area contributed by atoms with E-state index in [-0.39, 0.29) is 51.4 Å². The first kappa shape index (κ1) is 9.31.